The quantitative estimate of drug-likeness (QED) is 0.194. The molecule has 0 aliphatic rings. The van der Waals surface area contributed by atoms with Crippen molar-refractivity contribution in [2.24, 2.45) is 0 Å². The average Bonchev–Trinajstić information content (AvgIpc) is 3.03. The molecule has 0 atom stereocenters. The second kappa shape index (κ2) is 13.2. The molecule has 0 radical (unpaired) electrons. The van der Waals surface area contributed by atoms with Gasteiger partial charge < -0.3 is 0 Å². The molecule has 0 aromatic heterocycles. The largest absolute Gasteiger partial charge is 0.416 e. The van der Waals surface area contributed by atoms with Crippen LogP contribution in [-0.4, -0.2) is 0 Å². The molecule has 4 aromatic carbocycles. The summed E-state index contributed by atoms with van der Waals surface area (Å²) >= 11 is 0. The van der Waals surface area contributed by atoms with E-state index in [-0.39, 0.29) is 36.4 Å². The van der Waals surface area contributed by atoms with Crippen molar-refractivity contribution in [3.63, 3.8) is 0 Å². The molecule has 4 aromatic rings. The van der Waals surface area contributed by atoms with Gasteiger partial charge >= 0.3 is 37.1 Å². The molecule has 0 saturated carbocycles. The van der Waals surface area contributed by atoms with Gasteiger partial charge in [-0.15, -0.1) is 0 Å². The van der Waals surface area contributed by atoms with E-state index in [2.05, 4.69) is 0 Å². The lowest BCUT2D eigenvalue weighted by Crippen LogP contribution is -2.13. The fourth-order valence-corrected chi connectivity index (χ4v) is 5.25. The molecule has 0 spiro atoms. The molecule has 0 N–H and O–H groups in total. The number of hydrogen-bond acceptors (Lipinski definition) is 3. The molecule has 4 rings (SSSR count). The van der Waals surface area contributed by atoms with Gasteiger partial charge in [0.1, 0.15) is 18.2 Å². The molecule has 3 nitrogen and oxygen atoms in total. The molecule has 0 saturated heterocycles. The van der Waals surface area contributed by atoms with Crippen molar-refractivity contribution in [1.82, 2.24) is 0 Å². The number of alkyl halides is 18. The molecule has 282 valence electrons. The predicted octanol–water partition coefficient (Wildman–Crippen LogP) is 12.4. The molecule has 0 aliphatic carbocycles. The second-order valence-electron chi connectivity index (χ2n) is 11.0. The maximum atomic E-state index is 13.9. The van der Waals surface area contributed by atoms with Crippen molar-refractivity contribution in [2.75, 3.05) is 0 Å². The first-order chi connectivity index (χ1) is 24.4. The van der Waals surface area contributed by atoms with E-state index in [9.17, 15) is 94.8 Å². The zero-order valence-electron chi connectivity index (χ0n) is 25.3. The Morgan fingerprint density at radius 2 is 0.426 bits per heavy atom. The van der Waals surface area contributed by atoms with Crippen molar-refractivity contribution >= 4 is 0 Å². The third kappa shape index (κ3) is 8.02. The van der Waals surface area contributed by atoms with Gasteiger partial charge in [0.05, 0.1) is 50.1 Å². The van der Waals surface area contributed by atoms with Crippen molar-refractivity contribution in [3.05, 3.63) is 105 Å². The summed E-state index contributed by atoms with van der Waals surface area (Å²) < 4.78 is 250. The third-order valence-corrected chi connectivity index (χ3v) is 7.46. The van der Waals surface area contributed by atoms with Gasteiger partial charge in [-0.3, -0.25) is 0 Å². The minimum Gasteiger partial charge on any atom is -0.192 e. The van der Waals surface area contributed by atoms with Crippen LogP contribution in [0.3, 0.4) is 0 Å². The van der Waals surface area contributed by atoms with Gasteiger partial charge in [-0.25, -0.2) is 0 Å². The van der Waals surface area contributed by atoms with Crippen LogP contribution in [0.4, 0.5) is 79.0 Å². The van der Waals surface area contributed by atoms with E-state index in [1.807, 2.05) is 0 Å². The Balaban J connectivity index is 2.47. The number of halogens is 18. The van der Waals surface area contributed by atoms with Crippen LogP contribution in [0.5, 0.6) is 0 Å². The first-order valence-corrected chi connectivity index (χ1v) is 13.8. The van der Waals surface area contributed by atoms with E-state index in [1.54, 1.807) is 0 Å². The van der Waals surface area contributed by atoms with E-state index in [0.717, 1.165) is 18.2 Å². The van der Waals surface area contributed by atoms with Gasteiger partial charge in [-0.1, -0.05) is 0 Å². The van der Waals surface area contributed by atoms with E-state index in [4.69, 9.17) is 0 Å². The molecule has 21 heteroatoms. The fourth-order valence-electron chi connectivity index (χ4n) is 5.25. The van der Waals surface area contributed by atoms with E-state index in [0.29, 0.717) is 0 Å². The van der Waals surface area contributed by atoms with Crippen molar-refractivity contribution < 1.29 is 79.0 Å². The Morgan fingerprint density at radius 1 is 0.278 bits per heavy atom. The van der Waals surface area contributed by atoms with Crippen molar-refractivity contribution in [1.29, 1.82) is 15.8 Å². The highest BCUT2D eigenvalue weighted by Crippen LogP contribution is 2.49. The van der Waals surface area contributed by atoms with Gasteiger partial charge in [-0.05, 0) is 71.3 Å². The lowest BCUT2D eigenvalue weighted by atomic mass is 9.79. The average molecular weight is 789 g/mol. The van der Waals surface area contributed by atoms with Gasteiger partial charge in [0.2, 0.25) is 0 Å². The lowest BCUT2D eigenvalue weighted by Gasteiger charge is -2.23. The monoisotopic (exact) mass is 789 g/mol. The summed E-state index contributed by atoms with van der Waals surface area (Å²) in [5, 5.41) is 30.6. The normalized spacial score (nSPS) is 12.9. The van der Waals surface area contributed by atoms with Crippen LogP contribution < -0.4 is 0 Å². The van der Waals surface area contributed by atoms with E-state index in [1.165, 1.54) is 0 Å². The van der Waals surface area contributed by atoms with E-state index < -0.39 is 139 Å². The fraction of sp³-hybridized carbons (Fsp3) is 0.182. The first-order valence-electron chi connectivity index (χ1n) is 13.8. The summed E-state index contributed by atoms with van der Waals surface area (Å²) in [6.07, 6.45) is -34.2. The highest BCUT2D eigenvalue weighted by atomic mass is 19.4. The highest BCUT2D eigenvalue weighted by Gasteiger charge is 2.42. The standard InChI is InChI=1S/C33H9F18N3/c34-28(35,36)16-1-13(2-17(7-16)29(37,38)39)25-22(10-52)26(14-3-18(30(40,41)42)8-19(4-14)31(43,44)45)24(12-54)27(23(25)11-53)15-5-20(32(46,47)48)9-21(6-15)33(49,50)51/h1-9H. The van der Waals surface area contributed by atoms with Crippen LogP contribution in [-0.2, 0) is 37.1 Å². The molecule has 0 amide bonds. The summed E-state index contributed by atoms with van der Waals surface area (Å²) in [6.45, 7) is 0. The number of nitriles is 3. The molecule has 54 heavy (non-hydrogen) atoms. The zero-order chi connectivity index (χ0) is 41.1. The van der Waals surface area contributed by atoms with Crippen molar-refractivity contribution in [3.8, 4) is 51.6 Å². The third-order valence-electron chi connectivity index (χ3n) is 7.46. The van der Waals surface area contributed by atoms with Crippen LogP contribution in [0.1, 0.15) is 50.1 Å². The minimum absolute atomic E-state index is 0.188. The van der Waals surface area contributed by atoms with Crippen molar-refractivity contribution in [2.45, 2.75) is 37.1 Å². The smallest absolute Gasteiger partial charge is 0.192 e. The molecular weight excluding hydrogens is 780 g/mol. The van der Waals surface area contributed by atoms with E-state index >= 15 is 0 Å². The van der Waals surface area contributed by atoms with Crippen LogP contribution in [0.2, 0.25) is 0 Å². The van der Waals surface area contributed by atoms with Crippen LogP contribution in [0.15, 0.2) is 54.6 Å². The van der Waals surface area contributed by atoms with Crippen LogP contribution >= 0.6 is 0 Å². The van der Waals surface area contributed by atoms with Gasteiger partial charge in [0.15, 0.2) is 0 Å². The Bertz CT molecular complexity index is 1910. The maximum Gasteiger partial charge on any atom is 0.416 e. The summed E-state index contributed by atoms with van der Waals surface area (Å²) in [6, 6.07) is 0.725. The molecule has 0 bridgehead atoms. The zero-order valence-corrected chi connectivity index (χ0v) is 25.3. The SMILES string of the molecule is N#Cc1c(-c2cc(C(F)(F)F)cc(C(F)(F)F)c2)c(C#N)c(-c2cc(C(F)(F)F)cc(C(F)(F)F)c2)c(C#N)c1-c1cc(C(F)(F)F)cc(C(F)(F)F)c1. The maximum absolute atomic E-state index is 13.9. The Kier molecular flexibility index (Phi) is 9.98. The van der Waals surface area contributed by atoms with Gasteiger partial charge in [-0.2, -0.15) is 94.8 Å². The molecule has 0 unspecified atom stereocenters. The predicted molar refractivity (Wildman–Crippen MR) is 147 cm³/mol. The Hall–Kier alpha value is -5.91. The summed E-state index contributed by atoms with van der Waals surface area (Å²) in [4.78, 5) is 0. The second-order valence-corrected chi connectivity index (χ2v) is 11.0. The summed E-state index contributed by atoms with van der Waals surface area (Å²) in [5.41, 5.74) is -27.0. The number of hydrogen-bond donors (Lipinski definition) is 0. The highest BCUT2D eigenvalue weighted by molar-refractivity contribution is 5.98. The summed E-state index contributed by atoms with van der Waals surface area (Å²) in [7, 11) is 0. The molecule has 0 fully saturated rings. The molecular formula is C33H9F18N3. The van der Waals surface area contributed by atoms with Crippen LogP contribution in [0, 0.1) is 34.0 Å². The Labute approximate surface area is 288 Å². The number of nitrogens with zero attached hydrogens (tertiary/aromatic N) is 3. The van der Waals surface area contributed by atoms with Gasteiger partial charge in [0.25, 0.3) is 0 Å². The topological polar surface area (TPSA) is 71.4 Å². The van der Waals surface area contributed by atoms with Gasteiger partial charge in [0, 0.05) is 16.7 Å². The van der Waals surface area contributed by atoms with Crippen LogP contribution in [0.25, 0.3) is 33.4 Å². The number of benzene rings is 4. The minimum atomic E-state index is -5.70. The summed E-state index contributed by atoms with van der Waals surface area (Å²) in [5.74, 6) is 0. The molecule has 0 aliphatic heterocycles. The number of rotatable bonds is 3. The Morgan fingerprint density at radius 3 is 0.537 bits per heavy atom. The first kappa shape index (κ1) is 40.9. The lowest BCUT2D eigenvalue weighted by molar-refractivity contribution is -0.144. The molecule has 0 heterocycles.